The minimum absolute atomic E-state index is 0.0734. The van der Waals surface area contributed by atoms with Crippen LogP contribution in [0.1, 0.15) is 5.56 Å². The molecule has 0 bridgehead atoms. The van der Waals surface area contributed by atoms with E-state index < -0.39 is 5.51 Å². The summed E-state index contributed by atoms with van der Waals surface area (Å²) in [7, 11) is 0. The number of aliphatic hydroxyl groups is 1. The van der Waals surface area contributed by atoms with Gasteiger partial charge < -0.3 is 5.11 Å². The molecule has 0 atom stereocenters. The zero-order valence-corrected chi connectivity index (χ0v) is 7.98. The van der Waals surface area contributed by atoms with Crippen LogP contribution in [0.5, 0.6) is 0 Å². The van der Waals surface area contributed by atoms with Gasteiger partial charge in [0.2, 0.25) is 0 Å². The molecule has 0 radical (unpaired) electrons. The first-order valence-corrected chi connectivity index (χ1v) is 4.83. The van der Waals surface area contributed by atoms with Crippen molar-refractivity contribution in [3.8, 4) is 0 Å². The molecule has 7 heteroatoms. The zero-order chi connectivity index (χ0) is 10.6. The number of aryl methyl sites for hydroxylation is 1. The molecule has 1 N–H and O–H groups in total. The summed E-state index contributed by atoms with van der Waals surface area (Å²) >= 11 is -0.0781. The Kier molecular flexibility index (Phi) is 3.82. The number of aliphatic hydroxyl groups excluding tert-OH is 1. The van der Waals surface area contributed by atoms with Gasteiger partial charge in [-0.3, -0.25) is 4.68 Å². The Balaban J connectivity index is 2.31. The maximum Gasteiger partial charge on any atom is 0.441 e. The largest absolute Gasteiger partial charge is 0.441 e. The van der Waals surface area contributed by atoms with E-state index in [2.05, 4.69) is 5.10 Å². The topological polar surface area (TPSA) is 38.1 Å². The normalized spacial score (nSPS) is 12.0. The van der Waals surface area contributed by atoms with Crippen LogP contribution in [0.4, 0.5) is 13.2 Å². The van der Waals surface area contributed by atoms with Gasteiger partial charge >= 0.3 is 5.51 Å². The summed E-state index contributed by atoms with van der Waals surface area (Å²) in [6.45, 7) is 0.0383. The zero-order valence-electron chi connectivity index (χ0n) is 7.16. The van der Waals surface area contributed by atoms with Gasteiger partial charge in [0.25, 0.3) is 0 Å². The van der Waals surface area contributed by atoms with Gasteiger partial charge in [-0.25, -0.2) is 0 Å². The van der Waals surface area contributed by atoms with Crippen LogP contribution in [0.3, 0.4) is 0 Å². The number of alkyl halides is 3. The number of hydrogen-bond acceptors (Lipinski definition) is 3. The molecule has 0 amide bonds. The smallest absolute Gasteiger partial charge is 0.392 e. The summed E-state index contributed by atoms with van der Waals surface area (Å²) in [5.41, 5.74) is -3.59. The third-order valence-corrected chi connectivity index (χ3v) is 2.17. The standard InChI is InChI=1S/C7H9F3N2OS/c8-7(9,10)14-2-1-12-4-6(5-13)3-11-12/h3-4,13H,1-2,5H2. The molecule has 80 valence electrons. The predicted molar refractivity (Wildman–Crippen MR) is 46.7 cm³/mol. The van der Waals surface area contributed by atoms with Crippen LogP contribution in [0.25, 0.3) is 0 Å². The highest BCUT2D eigenvalue weighted by Crippen LogP contribution is 2.29. The first kappa shape index (κ1) is 11.4. The van der Waals surface area contributed by atoms with Crippen LogP contribution in [0.15, 0.2) is 12.4 Å². The number of thioether (sulfide) groups is 1. The second-order valence-corrected chi connectivity index (χ2v) is 3.72. The van der Waals surface area contributed by atoms with E-state index in [1.807, 2.05) is 0 Å². The molecular formula is C7H9F3N2OS. The lowest BCUT2D eigenvalue weighted by molar-refractivity contribution is -0.0328. The maximum absolute atomic E-state index is 11.7. The molecule has 0 aliphatic heterocycles. The van der Waals surface area contributed by atoms with Crippen molar-refractivity contribution in [2.24, 2.45) is 0 Å². The van der Waals surface area contributed by atoms with Crippen LogP contribution in [0, 0.1) is 0 Å². The Labute approximate surface area is 82.9 Å². The van der Waals surface area contributed by atoms with E-state index >= 15 is 0 Å². The fraction of sp³-hybridized carbons (Fsp3) is 0.571. The van der Waals surface area contributed by atoms with Crippen LogP contribution in [-0.4, -0.2) is 26.1 Å². The van der Waals surface area contributed by atoms with E-state index in [0.717, 1.165) is 0 Å². The van der Waals surface area contributed by atoms with Crippen molar-refractivity contribution in [3.05, 3.63) is 18.0 Å². The van der Waals surface area contributed by atoms with Gasteiger partial charge in [-0.15, -0.1) is 0 Å². The molecule has 1 aromatic rings. The third-order valence-electron chi connectivity index (χ3n) is 1.46. The average molecular weight is 226 g/mol. The van der Waals surface area contributed by atoms with Gasteiger partial charge in [0, 0.05) is 17.5 Å². The Morgan fingerprint density at radius 1 is 1.50 bits per heavy atom. The number of nitrogens with zero attached hydrogens (tertiary/aromatic N) is 2. The quantitative estimate of drug-likeness (QED) is 0.848. The van der Waals surface area contributed by atoms with Crippen molar-refractivity contribution in [1.29, 1.82) is 0 Å². The number of hydrogen-bond donors (Lipinski definition) is 1. The predicted octanol–water partition coefficient (Wildman–Crippen LogP) is 1.63. The fourth-order valence-corrected chi connectivity index (χ4v) is 1.38. The first-order chi connectivity index (χ1) is 6.51. The Bertz CT molecular complexity index is 287. The van der Waals surface area contributed by atoms with Gasteiger partial charge in [0.15, 0.2) is 0 Å². The van der Waals surface area contributed by atoms with Crippen LogP contribution in [-0.2, 0) is 13.2 Å². The molecule has 1 rings (SSSR count). The van der Waals surface area contributed by atoms with Gasteiger partial charge in [0.1, 0.15) is 0 Å². The molecule has 0 saturated carbocycles. The van der Waals surface area contributed by atoms with Crippen LogP contribution >= 0.6 is 11.8 Å². The third kappa shape index (κ3) is 4.01. The summed E-state index contributed by atoms with van der Waals surface area (Å²) in [5.74, 6) is -0.0734. The average Bonchev–Trinajstić information content (AvgIpc) is 2.50. The van der Waals surface area contributed by atoms with Crippen molar-refractivity contribution in [3.63, 3.8) is 0 Å². The molecule has 0 fully saturated rings. The van der Waals surface area contributed by atoms with Gasteiger partial charge in [0.05, 0.1) is 19.3 Å². The van der Waals surface area contributed by atoms with E-state index in [9.17, 15) is 13.2 Å². The highest BCUT2D eigenvalue weighted by Gasteiger charge is 2.27. The molecule has 14 heavy (non-hydrogen) atoms. The lowest BCUT2D eigenvalue weighted by Gasteiger charge is -2.04. The van der Waals surface area contributed by atoms with Crippen molar-refractivity contribution in [2.75, 3.05) is 5.75 Å². The molecule has 1 aromatic heterocycles. The lowest BCUT2D eigenvalue weighted by Crippen LogP contribution is -2.07. The first-order valence-electron chi connectivity index (χ1n) is 3.84. The molecule has 3 nitrogen and oxygen atoms in total. The number of aromatic nitrogens is 2. The van der Waals surface area contributed by atoms with Gasteiger partial charge in [-0.05, 0) is 11.8 Å². The highest BCUT2D eigenvalue weighted by molar-refractivity contribution is 8.00. The van der Waals surface area contributed by atoms with E-state index in [4.69, 9.17) is 5.11 Å². The van der Waals surface area contributed by atoms with Crippen molar-refractivity contribution in [2.45, 2.75) is 18.7 Å². The molecule has 0 aliphatic carbocycles. The van der Waals surface area contributed by atoms with E-state index in [0.29, 0.717) is 5.56 Å². The molecule has 0 aliphatic rings. The molecule has 0 unspecified atom stereocenters. The lowest BCUT2D eigenvalue weighted by atomic mass is 10.4. The molecule has 0 aromatic carbocycles. The number of halogens is 3. The molecular weight excluding hydrogens is 217 g/mol. The van der Waals surface area contributed by atoms with E-state index in [-0.39, 0.29) is 30.7 Å². The molecule has 0 spiro atoms. The summed E-state index contributed by atoms with van der Waals surface area (Å²) < 4.78 is 36.5. The fourth-order valence-electron chi connectivity index (χ4n) is 0.865. The van der Waals surface area contributed by atoms with Crippen molar-refractivity contribution < 1.29 is 18.3 Å². The van der Waals surface area contributed by atoms with Crippen molar-refractivity contribution in [1.82, 2.24) is 9.78 Å². The van der Waals surface area contributed by atoms with Crippen LogP contribution in [0.2, 0.25) is 0 Å². The second kappa shape index (κ2) is 4.70. The summed E-state index contributed by atoms with van der Waals surface area (Å²) in [6, 6.07) is 0. The van der Waals surface area contributed by atoms with Gasteiger partial charge in [-0.2, -0.15) is 18.3 Å². The summed E-state index contributed by atoms with van der Waals surface area (Å²) in [4.78, 5) is 0. The monoisotopic (exact) mass is 226 g/mol. The van der Waals surface area contributed by atoms with Crippen LogP contribution < -0.4 is 0 Å². The van der Waals surface area contributed by atoms with E-state index in [1.54, 1.807) is 0 Å². The SMILES string of the molecule is OCc1cnn(CCSC(F)(F)F)c1. The number of rotatable bonds is 4. The summed E-state index contributed by atoms with van der Waals surface area (Å²) in [5, 5.41) is 12.4. The van der Waals surface area contributed by atoms with Crippen molar-refractivity contribution >= 4 is 11.8 Å². The summed E-state index contributed by atoms with van der Waals surface area (Å²) in [6.07, 6.45) is 2.95. The van der Waals surface area contributed by atoms with E-state index in [1.165, 1.54) is 17.1 Å². The minimum Gasteiger partial charge on any atom is -0.392 e. The molecule has 0 saturated heterocycles. The Morgan fingerprint density at radius 2 is 2.21 bits per heavy atom. The highest BCUT2D eigenvalue weighted by atomic mass is 32.2. The Hall–Kier alpha value is -0.690. The minimum atomic E-state index is -4.19. The maximum atomic E-state index is 11.7. The van der Waals surface area contributed by atoms with Gasteiger partial charge in [-0.1, -0.05) is 0 Å². The Morgan fingerprint density at radius 3 is 2.71 bits per heavy atom. The second-order valence-electron chi connectivity index (χ2n) is 2.56. The molecule has 1 heterocycles.